The minimum absolute atomic E-state index is 0.248. The Morgan fingerprint density at radius 2 is 2.50 bits per heavy atom. The number of esters is 1. The van der Waals surface area contributed by atoms with Gasteiger partial charge in [0.05, 0.1) is 7.05 Å². The summed E-state index contributed by atoms with van der Waals surface area (Å²) in [6.07, 6.45) is 7.28. The number of carbonyl (C=O) groups excluding carboxylic acids is 1. The molecule has 4 heteroatoms. The third-order valence-corrected chi connectivity index (χ3v) is 1.89. The Bertz CT molecular complexity index is 331. The van der Waals surface area contributed by atoms with Crippen LogP contribution in [0.15, 0.2) is 31.4 Å². The highest BCUT2D eigenvalue weighted by atomic mass is 16.6. The minimum atomic E-state index is -0.395. The molecular formula is C10H15N2O2+. The standard InChI is InChI=1S/C10H15N2O2/c1-4-9(14-10(13)5-2)12-7-6-11(3)8-12/h5-9H,2,4H2,1,3H3/q+1. The first-order chi connectivity index (χ1) is 6.67. The van der Waals surface area contributed by atoms with Crippen molar-refractivity contribution in [2.45, 2.75) is 19.6 Å². The zero-order valence-electron chi connectivity index (χ0n) is 8.51. The molecule has 0 aliphatic rings. The molecule has 0 amide bonds. The predicted octanol–water partition coefficient (Wildman–Crippen LogP) is 0.950. The number of aromatic nitrogens is 2. The van der Waals surface area contributed by atoms with Gasteiger partial charge in [0.2, 0.25) is 12.6 Å². The number of ether oxygens (including phenoxy) is 1. The van der Waals surface area contributed by atoms with Crippen LogP contribution in [0.1, 0.15) is 19.6 Å². The third-order valence-electron chi connectivity index (χ3n) is 1.89. The van der Waals surface area contributed by atoms with Crippen molar-refractivity contribution in [3.05, 3.63) is 31.4 Å². The van der Waals surface area contributed by atoms with Gasteiger partial charge in [0, 0.05) is 12.5 Å². The van der Waals surface area contributed by atoms with Crippen LogP contribution in [0.4, 0.5) is 0 Å². The minimum Gasteiger partial charge on any atom is -0.419 e. The highest BCUT2D eigenvalue weighted by Gasteiger charge is 2.16. The van der Waals surface area contributed by atoms with E-state index in [1.807, 2.05) is 41.8 Å². The monoisotopic (exact) mass is 195 g/mol. The summed E-state index contributed by atoms with van der Waals surface area (Å²) in [7, 11) is 1.92. The first-order valence-corrected chi connectivity index (χ1v) is 4.53. The second kappa shape index (κ2) is 4.60. The van der Waals surface area contributed by atoms with Crippen LogP contribution >= 0.6 is 0 Å². The zero-order chi connectivity index (χ0) is 10.6. The summed E-state index contributed by atoms with van der Waals surface area (Å²) in [5, 5.41) is 0. The van der Waals surface area contributed by atoms with E-state index in [1.54, 1.807) is 0 Å². The second-order valence-electron chi connectivity index (χ2n) is 3.03. The van der Waals surface area contributed by atoms with E-state index in [9.17, 15) is 4.79 Å². The van der Waals surface area contributed by atoms with Gasteiger partial charge in [-0.15, -0.1) is 0 Å². The smallest absolute Gasteiger partial charge is 0.333 e. The molecule has 1 aromatic heterocycles. The maximum Gasteiger partial charge on any atom is 0.333 e. The van der Waals surface area contributed by atoms with E-state index in [2.05, 4.69) is 6.58 Å². The topological polar surface area (TPSA) is 35.1 Å². The van der Waals surface area contributed by atoms with Crippen molar-refractivity contribution in [2.75, 3.05) is 0 Å². The summed E-state index contributed by atoms with van der Waals surface area (Å²) < 4.78 is 8.88. The van der Waals surface area contributed by atoms with Crippen LogP contribution < -0.4 is 4.57 Å². The van der Waals surface area contributed by atoms with Crippen molar-refractivity contribution in [3.63, 3.8) is 0 Å². The fraction of sp³-hybridized carbons (Fsp3) is 0.400. The molecule has 76 valence electrons. The summed E-state index contributed by atoms with van der Waals surface area (Å²) in [6.45, 7) is 5.32. The van der Waals surface area contributed by atoms with Gasteiger partial charge in [-0.1, -0.05) is 13.5 Å². The highest BCUT2D eigenvalue weighted by molar-refractivity contribution is 5.81. The van der Waals surface area contributed by atoms with Crippen LogP contribution in [0.2, 0.25) is 0 Å². The highest BCUT2D eigenvalue weighted by Crippen LogP contribution is 2.11. The predicted molar refractivity (Wildman–Crippen MR) is 51.2 cm³/mol. The van der Waals surface area contributed by atoms with Crippen molar-refractivity contribution in [1.29, 1.82) is 0 Å². The van der Waals surface area contributed by atoms with E-state index in [0.717, 1.165) is 6.42 Å². The van der Waals surface area contributed by atoms with Crippen molar-refractivity contribution >= 4 is 5.97 Å². The molecule has 0 aromatic carbocycles. The summed E-state index contributed by atoms with van der Waals surface area (Å²) in [5.41, 5.74) is 0. The molecule has 0 bridgehead atoms. The number of nitrogens with zero attached hydrogens (tertiary/aromatic N) is 2. The molecule has 0 saturated carbocycles. The van der Waals surface area contributed by atoms with E-state index in [1.165, 1.54) is 6.08 Å². The Hall–Kier alpha value is -1.58. The number of hydrogen-bond donors (Lipinski definition) is 0. The lowest BCUT2D eigenvalue weighted by Crippen LogP contribution is -2.25. The number of carbonyl (C=O) groups is 1. The zero-order valence-corrected chi connectivity index (χ0v) is 8.51. The molecule has 0 aliphatic heterocycles. The number of hydrogen-bond acceptors (Lipinski definition) is 2. The Morgan fingerprint density at radius 1 is 1.79 bits per heavy atom. The maximum atomic E-state index is 11.0. The quantitative estimate of drug-likeness (QED) is 0.407. The van der Waals surface area contributed by atoms with Gasteiger partial charge in [-0.2, -0.15) is 4.57 Å². The van der Waals surface area contributed by atoms with Crippen molar-refractivity contribution in [2.24, 2.45) is 7.05 Å². The van der Waals surface area contributed by atoms with E-state index in [4.69, 9.17) is 4.74 Å². The molecule has 1 heterocycles. The maximum absolute atomic E-state index is 11.0. The molecule has 0 fully saturated rings. The van der Waals surface area contributed by atoms with Gasteiger partial charge in [-0.25, -0.2) is 9.36 Å². The van der Waals surface area contributed by atoms with Gasteiger partial charge in [0.1, 0.15) is 12.4 Å². The summed E-state index contributed by atoms with van der Waals surface area (Å²) in [5.74, 6) is -0.395. The molecule has 1 rings (SSSR count). The Morgan fingerprint density at radius 3 is 2.93 bits per heavy atom. The first kappa shape index (κ1) is 10.5. The average molecular weight is 195 g/mol. The Balaban J connectivity index is 2.71. The van der Waals surface area contributed by atoms with Crippen LogP contribution in [0.3, 0.4) is 0 Å². The molecular weight excluding hydrogens is 180 g/mol. The molecule has 1 aromatic rings. The normalized spacial score (nSPS) is 12.1. The number of aryl methyl sites for hydroxylation is 1. The molecule has 4 nitrogen and oxygen atoms in total. The van der Waals surface area contributed by atoms with Crippen LogP contribution in [-0.4, -0.2) is 10.5 Å². The van der Waals surface area contributed by atoms with Crippen molar-refractivity contribution in [1.82, 2.24) is 4.57 Å². The van der Waals surface area contributed by atoms with Crippen LogP contribution in [0, 0.1) is 0 Å². The van der Waals surface area contributed by atoms with Gasteiger partial charge in [-0.3, -0.25) is 0 Å². The molecule has 1 atom stereocenters. The van der Waals surface area contributed by atoms with Gasteiger partial charge >= 0.3 is 5.97 Å². The SMILES string of the molecule is C=CC(=O)OC(CC)n1cc[n+](C)c1. The summed E-state index contributed by atoms with van der Waals surface area (Å²) >= 11 is 0. The average Bonchev–Trinajstić information content (AvgIpc) is 2.60. The van der Waals surface area contributed by atoms with Crippen LogP contribution in [-0.2, 0) is 16.6 Å². The lowest BCUT2D eigenvalue weighted by Gasteiger charge is -2.10. The second-order valence-corrected chi connectivity index (χ2v) is 3.03. The van der Waals surface area contributed by atoms with E-state index < -0.39 is 5.97 Å². The number of rotatable bonds is 4. The Labute approximate surface area is 83.4 Å². The molecule has 1 unspecified atom stereocenters. The molecule has 0 spiro atoms. The van der Waals surface area contributed by atoms with E-state index >= 15 is 0 Å². The van der Waals surface area contributed by atoms with Gasteiger partial charge in [0.15, 0.2) is 0 Å². The van der Waals surface area contributed by atoms with Crippen LogP contribution in [0.25, 0.3) is 0 Å². The summed E-state index contributed by atoms with van der Waals surface area (Å²) in [6, 6.07) is 0. The molecule has 0 N–H and O–H groups in total. The van der Waals surface area contributed by atoms with Crippen molar-refractivity contribution < 1.29 is 14.1 Å². The van der Waals surface area contributed by atoms with E-state index in [-0.39, 0.29) is 6.23 Å². The molecule has 0 saturated heterocycles. The molecule has 0 radical (unpaired) electrons. The number of imidazole rings is 1. The fourth-order valence-corrected chi connectivity index (χ4v) is 1.18. The third kappa shape index (κ3) is 2.45. The van der Waals surface area contributed by atoms with Gasteiger partial charge < -0.3 is 4.74 Å². The molecule has 0 aliphatic carbocycles. The largest absolute Gasteiger partial charge is 0.419 e. The van der Waals surface area contributed by atoms with Crippen LogP contribution in [0.5, 0.6) is 0 Å². The first-order valence-electron chi connectivity index (χ1n) is 4.53. The molecule has 14 heavy (non-hydrogen) atoms. The lowest BCUT2D eigenvalue weighted by molar-refractivity contribution is -0.671. The van der Waals surface area contributed by atoms with Gasteiger partial charge in [0.25, 0.3) is 0 Å². The van der Waals surface area contributed by atoms with E-state index in [0.29, 0.717) is 0 Å². The Kier molecular flexibility index (Phi) is 3.45. The fourth-order valence-electron chi connectivity index (χ4n) is 1.18. The lowest BCUT2D eigenvalue weighted by atomic mass is 10.4. The van der Waals surface area contributed by atoms with Gasteiger partial charge in [-0.05, 0) is 0 Å². The van der Waals surface area contributed by atoms with Crippen molar-refractivity contribution in [3.8, 4) is 0 Å². The summed E-state index contributed by atoms with van der Waals surface area (Å²) in [4.78, 5) is 11.0.